The van der Waals surface area contributed by atoms with E-state index in [0.717, 1.165) is 12.1 Å². The fourth-order valence-corrected chi connectivity index (χ4v) is 1.62. The number of carbonyl (C=O) groups is 1. The van der Waals surface area contributed by atoms with Gasteiger partial charge in [0.05, 0.1) is 22.6 Å². The van der Waals surface area contributed by atoms with Gasteiger partial charge in [-0.3, -0.25) is 14.9 Å². The first-order chi connectivity index (χ1) is 8.86. The predicted octanol–water partition coefficient (Wildman–Crippen LogP) is 2.39. The van der Waals surface area contributed by atoms with Gasteiger partial charge in [-0.15, -0.1) is 0 Å². The monoisotopic (exact) mass is 290 g/mol. The van der Waals surface area contributed by atoms with Gasteiger partial charge in [0, 0.05) is 7.05 Å². The fourth-order valence-electron chi connectivity index (χ4n) is 1.46. The second-order valence-electron chi connectivity index (χ2n) is 3.67. The number of nitrogens with zero attached hydrogens (tertiary/aromatic N) is 2. The maximum absolute atomic E-state index is 13.2. The van der Waals surface area contributed by atoms with Crippen molar-refractivity contribution in [3.8, 4) is 0 Å². The number of nitro groups is 1. The highest BCUT2D eigenvalue weighted by molar-refractivity contribution is 6.31. The van der Waals surface area contributed by atoms with Crippen molar-refractivity contribution in [2.45, 2.75) is 6.92 Å². The minimum atomic E-state index is -0.887. The molecule has 0 fully saturated rings. The van der Waals surface area contributed by atoms with Crippen LogP contribution in [0.4, 0.5) is 15.8 Å². The Kier molecular flexibility index (Phi) is 5.05. The summed E-state index contributed by atoms with van der Waals surface area (Å²) >= 11 is 5.59. The van der Waals surface area contributed by atoms with Crippen LogP contribution in [0.15, 0.2) is 12.1 Å². The first-order valence-electron chi connectivity index (χ1n) is 5.37. The number of esters is 1. The summed E-state index contributed by atoms with van der Waals surface area (Å²) in [4.78, 5) is 22.7. The normalized spacial score (nSPS) is 10.1. The molecule has 0 saturated carbocycles. The Bertz CT molecular complexity index is 510. The molecule has 0 radical (unpaired) electrons. The average Bonchev–Trinajstić information content (AvgIpc) is 2.31. The van der Waals surface area contributed by atoms with Gasteiger partial charge in [-0.25, -0.2) is 4.39 Å². The Balaban J connectivity index is 3.07. The quantitative estimate of drug-likeness (QED) is 0.473. The lowest BCUT2D eigenvalue weighted by atomic mass is 10.2. The highest BCUT2D eigenvalue weighted by Gasteiger charge is 2.22. The number of likely N-dealkylation sites (N-methyl/N-ethyl adjacent to an activating group) is 1. The summed E-state index contributed by atoms with van der Waals surface area (Å²) in [5.41, 5.74) is -0.418. The van der Waals surface area contributed by atoms with Crippen molar-refractivity contribution in [1.29, 1.82) is 0 Å². The van der Waals surface area contributed by atoms with E-state index in [1.54, 1.807) is 6.92 Å². The van der Waals surface area contributed by atoms with Gasteiger partial charge in [0.1, 0.15) is 18.0 Å². The number of carbonyl (C=O) groups excluding carboxylic acids is 1. The van der Waals surface area contributed by atoms with E-state index in [9.17, 15) is 19.3 Å². The van der Waals surface area contributed by atoms with Crippen molar-refractivity contribution in [2.75, 3.05) is 25.1 Å². The Labute approximate surface area is 113 Å². The van der Waals surface area contributed by atoms with Crippen LogP contribution in [0.3, 0.4) is 0 Å². The lowest BCUT2D eigenvalue weighted by Gasteiger charge is -2.18. The molecule has 0 amide bonds. The molecule has 0 aliphatic heterocycles. The molecule has 0 saturated heterocycles. The van der Waals surface area contributed by atoms with E-state index in [1.807, 2.05) is 0 Å². The van der Waals surface area contributed by atoms with Crippen molar-refractivity contribution < 1.29 is 18.8 Å². The summed E-state index contributed by atoms with van der Waals surface area (Å²) in [6, 6.07) is 1.83. The molecule has 0 bridgehead atoms. The first kappa shape index (κ1) is 15.2. The van der Waals surface area contributed by atoms with Gasteiger partial charge in [0.2, 0.25) is 0 Å². The summed E-state index contributed by atoms with van der Waals surface area (Å²) < 4.78 is 18.0. The first-order valence-corrected chi connectivity index (χ1v) is 5.74. The predicted molar refractivity (Wildman–Crippen MR) is 68.0 cm³/mol. The lowest BCUT2D eigenvalue weighted by molar-refractivity contribution is -0.384. The van der Waals surface area contributed by atoms with Crippen molar-refractivity contribution in [1.82, 2.24) is 0 Å². The Morgan fingerprint density at radius 3 is 2.74 bits per heavy atom. The van der Waals surface area contributed by atoms with Gasteiger partial charge in [-0.2, -0.15) is 0 Å². The molecular formula is C11H12ClFN2O4. The van der Waals surface area contributed by atoms with Crippen LogP contribution >= 0.6 is 11.6 Å². The molecule has 0 aromatic heterocycles. The van der Waals surface area contributed by atoms with Crippen molar-refractivity contribution in [3.63, 3.8) is 0 Å². The zero-order chi connectivity index (χ0) is 14.6. The molecule has 19 heavy (non-hydrogen) atoms. The minimum Gasteiger partial charge on any atom is -0.465 e. The van der Waals surface area contributed by atoms with Crippen molar-refractivity contribution in [2.24, 2.45) is 0 Å². The third-order valence-corrected chi connectivity index (χ3v) is 2.59. The molecule has 0 aliphatic rings. The maximum Gasteiger partial charge on any atom is 0.325 e. The number of hydrogen-bond donors (Lipinski definition) is 0. The standard InChI is InChI=1S/C11H12ClFN2O4/c1-3-19-11(16)6-14(2)9-4-7(12)8(13)5-10(9)15(17)18/h4-5H,3,6H2,1-2H3. The van der Waals surface area contributed by atoms with E-state index in [0.29, 0.717) is 0 Å². The van der Waals surface area contributed by atoms with Crippen LogP contribution in [0.2, 0.25) is 5.02 Å². The third kappa shape index (κ3) is 3.78. The molecule has 0 spiro atoms. The molecule has 104 valence electrons. The molecule has 0 heterocycles. The topological polar surface area (TPSA) is 72.7 Å². The highest BCUT2D eigenvalue weighted by atomic mass is 35.5. The molecule has 0 N–H and O–H groups in total. The van der Waals surface area contributed by atoms with E-state index in [-0.39, 0.29) is 23.9 Å². The maximum atomic E-state index is 13.2. The van der Waals surface area contributed by atoms with Gasteiger partial charge in [0.15, 0.2) is 0 Å². The number of anilines is 1. The van der Waals surface area contributed by atoms with Gasteiger partial charge in [0.25, 0.3) is 5.69 Å². The molecule has 1 aromatic carbocycles. The largest absolute Gasteiger partial charge is 0.465 e. The minimum absolute atomic E-state index is 0.0458. The van der Waals surface area contributed by atoms with E-state index in [1.165, 1.54) is 11.9 Å². The third-order valence-electron chi connectivity index (χ3n) is 2.30. The second-order valence-corrected chi connectivity index (χ2v) is 4.08. The molecule has 1 aromatic rings. The summed E-state index contributed by atoms with van der Waals surface area (Å²) in [5, 5.41) is 10.6. The van der Waals surface area contributed by atoms with Gasteiger partial charge in [-0.05, 0) is 13.0 Å². The van der Waals surface area contributed by atoms with Gasteiger partial charge in [-0.1, -0.05) is 11.6 Å². The Morgan fingerprint density at radius 1 is 1.58 bits per heavy atom. The second kappa shape index (κ2) is 6.33. The number of ether oxygens (including phenoxy) is 1. The van der Waals surface area contributed by atoms with Crippen LogP contribution in [-0.2, 0) is 9.53 Å². The summed E-state index contributed by atoms with van der Waals surface area (Å²) in [6.45, 7) is 1.66. The van der Waals surface area contributed by atoms with E-state index in [2.05, 4.69) is 0 Å². The zero-order valence-corrected chi connectivity index (χ0v) is 11.1. The number of hydrogen-bond acceptors (Lipinski definition) is 5. The van der Waals surface area contributed by atoms with Crippen LogP contribution in [0.1, 0.15) is 6.92 Å². The summed E-state index contributed by atoms with van der Waals surface area (Å²) in [7, 11) is 1.45. The lowest BCUT2D eigenvalue weighted by Crippen LogP contribution is -2.27. The average molecular weight is 291 g/mol. The SMILES string of the molecule is CCOC(=O)CN(C)c1cc(Cl)c(F)cc1[N+](=O)[O-]. The summed E-state index contributed by atoms with van der Waals surface area (Å²) in [5.74, 6) is -1.43. The summed E-state index contributed by atoms with van der Waals surface area (Å²) in [6.07, 6.45) is 0. The highest BCUT2D eigenvalue weighted by Crippen LogP contribution is 2.32. The molecule has 0 unspecified atom stereocenters. The number of nitro benzene ring substituents is 1. The van der Waals surface area contributed by atoms with Gasteiger partial charge < -0.3 is 9.64 Å². The van der Waals surface area contributed by atoms with Crippen molar-refractivity contribution in [3.05, 3.63) is 33.1 Å². The smallest absolute Gasteiger partial charge is 0.325 e. The molecular weight excluding hydrogens is 279 g/mol. The van der Waals surface area contributed by atoms with E-state index < -0.39 is 22.4 Å². The zero-order valence-electron chi connectivity index (χ0n) is 10.4. The Morgan fingerprint density at radius 2 is 2.21 bits per heavy atom. The molecule has 6 nitrogen and oxygen atoms in total. The number of benzene rings is 1. The molecule has 1 rings (SSSR count). The van der Waals surface area contributed by atoms with Crippen molar-refractivity contribution >= 4 is 28.9 Å². The number of halogens is 2. The van der Waals surface area contributed by atoms with Crippen LogP contribution in [0.25, 0.3) is 0 Å². The fraction of sp³-hybridized carbons (Fsp3) is 0.364. The van der Waals surface area contributed by atoms with Crippen LogP contribution in [-0.4, -0.2) is 31.1 Å². The molecule has 8 heteroatoms. The van der Waals surface area contributed by atoms with Crippen LogP contribution in [0, 0.1) is 15.9 Å². The van der Waals surface area contributed by atoms with Crippen LogP contribution < -0.4 is 4.90 Å². The van der Waals surface area contributed by atoms with E-state index in [4.69, 9.17) is 16.3 Å². The number of rotatable bonds is 5. The van der Waals surface area contributed by atoms with E-state index >= 15 is 0 Å². The van der Waals surface area contributed by atoms with Crippen LogP contribution in [0.5, 0.6) is 0 Å². The molecule has 0 aliphatic carbocycles. The Hall–Kier alpha value is -1.89. The van der Waals surface area contributed by atoms with Gasteiger partial charge >= 0.3 is 5.97 Å². The molecule has 0 atom stereocenters.